The van der Waals surface area contributed by atoms with E-state index >= 15 is 0 Å². The lowest BCUT2D eigenvalue weighted by Gasteiger charge is -2.27. The van der Waals surface area contributed by atoms with Gasteiger partial charge >= 0.3 is 0 Å². The van der Waals surface area contributed by atoms with E-state index in [-0.39, 0.29) is 24.0 Å². The van der Waals surface area contributed by atoms with Gasteiger partial charge in [0.25, 0.3) is 0 Å². The number of hydrogen-bond acceptors (Lipinski definition) is 4. The molecule has 1 N–H and O–H groups in total. The average Bonchev–Trinajstić information content (AvgIpc) is 2.67. The highest BCUT2D eigenvalue weighted by Gasteiger charge is 2.33. The van der Waals surface area contributed by atoms with Crippen LogP contribution in [0.2, 0.25) is 0 Å². The predicted octanol–water partition coefficient (Wildman–Crippen LogP) is 1.42. The molecule has 1 aromatic rings. The molecule has 2 bridgehead atoms. The Hall–Kier alpha value is -1.59. The molecule has 120 valence electrons. The van der Waals surface area contributed by atoms with Gasteiger partial charge in [0.2, 0.25) is 5.91 Å². The largest absolute Gasteiger partial charge is 0.491 e. The number of amides is 1. The fraction of sp³-hybridized carbons (Fsp3) is 0.588. The number of nitrogens with one attached hydrogen (secondary N) is 1. The third-order valence-corrected chi connectivity index (χ3v) is 3.99. The number of carbonyl (C=O) groups excluding carboxylic acids is 1. The second kappa shape index (κ2) is 6.67. The molecule has 0 spiro atoms. The number of rotatable bonds is 4. The lowest BCUT2D eigenvalue weighted by Crippen LogP contribution is -2.41. The van der Waals surface area contributed by atoms with Crippen molar-refractivity contribution in [3.63, 3.8) is 0 Å². The maximum Gasteiger partial charge on any atom is 0.227 e. The molecule has 0 aliphatic carbocycles. The van der Waals surface area contributed by atoms with Gasteiger partial charge < -0.3 is 14.8 Å². The fourth-order valence-electron chi connectivity index (χ4n) is 3.10. The summed E-state index contributed by atoms with van der Waals surface area (Å²) >= 11 is 0. The molecule has 0 aromatic heterocycles. The SMILES string of the molecule is CC(C)Oc1cccc(CN2C[C@H]3COC[C@@H](C2)C(=O)N3)c1. The average molecular weight is 304 g/mol. The van der Waals surface area contributed by atoms with Crippen molar-refractivity contribution >= 4 is 5.91 Å². The molecule has 2 heterocycles. The minimum absolute atomic E-state index is 0.0670. The van der Waals surface area contributed by atoms with E-state index in [2.05, 4.69) is 22.3 Å². The molecule has 22 heavy (non-hydrogen) atoms. The van der Waals surface area contributed by atoms with Gasteiger partial charge in [-0.15, -0.1) is 0 Å². The van der Waals surface area contributed by atoms with Crippen LogP contribution < -0.4 is 10.1 Å². The van der Waals surface area contributed by atoms with Crippen molar-refractivity contribution in [1.82, 2.24) is 10.2 Å². The van der Waals surface area contributed by atoms with Crippen LogP contribution in [0.15, 0.2) is 24.3 Å². The van der Waals surface area contributed by atoms with Gasteiger partial charge in [-0.25, -0.2) is 0 Å². The van der Waals surface area contributed by atoms with Crippen LogP contribution in [0.1, 0.15) is 19.4 Å². The molecule has 2 saturated heterocycles. The zero-order valence-electron chi connectivity index (χ0n) is 13.2. The van der Waals surface area contributed by atoms with Crippen LogP contribution in [0, 0.1) is 5.92 Å². The first kappa shape index (κ1) is 15.3. The lowest BCUT2D eigenvalue weighted by molar-refractivity contribution is -0.125. The summed E-state index contributed by atoms with van der Waals surface area (Å²) in [6.45, 7) is 7.59. The van der Waals surface area contributed by atoms with Crippen molar-refractivity contribution in [2.45, 2.75) is 32.5 Å². The number of nitrogens with zero attached hydrogens (tertiary/aromatic N) is 1. The molecule has 1 aromatic carbocycles. The van der Waals surface area contributed by atoms with Crippen molar-refractivity contribution in [3.05, 3.63) is 29.8 Å². The van der Waals surface area contributed by atoms with Gasteiger partial charge in [-0.05, 0) is 31.5 Å². The Labute approximate surface area is 131 Å². The third kappa shape index (κ3) is 3.78. The van der Waals surface area contributed by atoms with E-state index in [1.807, 2.05) is 26.0 Å². The lowest BCUT2D eigenvalue weighted by atomic mass is 10.1. The van der Waals surface area contributed by atoms with Crippen LogP contribution in [-0.2, 0) is 16.1 Å². The smallest absolute Gasteiger partial charge is 0.227 e. The first-order valence-electron chi connectivity index (χ1n) is 7.96. The second-order valence-corrected chi connectivity index (χ2v) is 6.45. The molecule has 1 amide bonds. The summed E-state index contributed by atoms with van der Waals surface area (Å²) in [6.07, 6.45) is 0.173. The predicted molar refractivity (Wildman–Crippen MR) is 83.7 cm³/mol. The van der Waals surface area contributed by atoms with Gasteiger partial charge in [-0.3, -0.25) is 9.69 Å². The first-order valence-corrected chi connectivity index (χ1v) is 7.96. The van der Waals surface area contributed by atoms with Crippen molar-refractivity contribution in [2.75, 3.05) is 26.3 Å². The van der Waals surface area contributed by atoms with Gasteiger partial charge in [0.05, 0.1) is 31.3 Å². The van der Waals surface area contributed by atoms with Crippen LogP contribution in [0.3, 0.4) is 0 Å². The number of ether oxygens (including phenoxy) is 2. The summed E-state index contributed by atoms with van der Waals surface area (Å²) in [7, 11) is 0. The Bertz CT molecular complexity index is 532. The van der Waals surface area contributed by atoms with Crippen LogP contribution in [0.25, 0.3) is 0 Å². The molecule has 2 aliphatic rings. The molecule has 2 fully saturated rings. The van der Waals surface area contributed by atoms with Crippen molar-refractivity contribution in [2.24, 2.45) is 5.92 Å². The maximum absolute atomic E-state index is 12.0. The quantitative estimate of drug-likeness (QED) is 0.914. The molecule has 2 atom stereocenters. The van der Waals surface area contributed by atoms with E-state index < -0.39 is 0 Å². The minimum atomic E-state index is -0.0670. The number of fused-ring (bicyclic) bond motifs is 3. The molecular weight excluding hydrogens is 280 g/mol. The van der Waals surface area contributed by atoms with E-state index in [1.165, 1.54) is 5.56 Å². The number of hydrogen-bond donors (Lipinski definition) is 1. The molecule has 0 saturated carbocycles. The van der Waals surface area contributed by atoms with E-state index in [9.17, 15) is 4.79 Å². The molecule has 2 aliphatic heterocycles. The summed E-state index contributed by atoms with van der Waals surface area (Å²) in [6, 6.07) is 8.30. The second-order valence-electron chi connectivity index (χ2n) is 6.45. The van der Waals surface area contributed by atoms with Crippen LogP contribution in [-0.4, -0.2) is 49.3 Å². The summed E-state index contributed by atoms with van der Waals surface area (Å²) < 4.78 is 11.3. The highest BCUT2D eigenvalue weighted by Crippen LogP contribution is 2.19. The molecule has 5 nitrogen and oxygen atoms in total. The van der Waals surface area contributed by atoms with E-state index in [0.29, 0.717) is 13.2 Å². The Morgan fingerprint density at radius 2 is 2.23 bits per heavy atom. The van der Waals surface area contributed by atoms with Crippen molar-refractivity contribution in [3.8, 4) is 5.75 Å². The summed E-state index contributed by atoms with van der Waals surface area (Å²) in [5, 5.41) is 3.06. The first-order chi connectivity index (χ1) is 10.6. The Morgan fingerprint density at radius 1 is 1.36 bits per heavy atom. The van der Waals surface area contributed by atoms with E-state index in [0.717, 1.165) is 25.4 Å². The van der Waals surface area contributed by atoms with Gasteiger partial charge in [-0.2, -0.15) is 0 Å². The Kier molecular flexibility index (Phi) is 4.64. The summed E-state index contributed by atoms with van der Waals surface area (Å²) in [5.74, 6) is 0.963. The topological polar surface area (TPSA) is 50.8 Å². The normalized spacial score (nSPS) is 25.7. The Morgan fingerprint density at radius 3 is 3.05 bits per heavy atom. The monoisotopic (exact) mass is 304 g/mol. The van der Waals surface area contributed by atoms with Crippen LogP contribution in [0.5, 0.6) is 5.75 Å². The molecule has 0 radical (unpaired) electrons. The standard InChI is InChI=1S/C17H24N2O3/c1-12(2)22-16-5-3-4-13(6-16)7-19-8-14-10-21-11-15(9-19)18-17(14)20/h3-6,12,14-15H,7-11H2,1-2H3,(H,18,20)/t14-,15+/m1/s1. The number of carbonyl (C=O) groups is 1. The van der Waals surface area contributed by atoms with E-state index in [1.54, 1.807) is 0 Å². The fourth-order valence-corrected chi connectivity index (χ4v) is 3.10. The highest BCUT2D eigenvalue weighted by molar-refractivity contribution is 5.79. The van der Waals surface area contributed by atoms with Crippen LogP contribution in [0.4, 0.5) is 0 Å². The van der Waals surface area contributed by atoms with Crippen molar-refractivity contribution < 1.29 is 14.3 Å². The van der Waals surface area contributed by atoms with Gasteiger partial charge in [0.15, 0.2) is 0 Å². The highest BCUT2D eigenvalue weighted by atomic mass is 16.5. The molecule has 0 unspecified atom stereocenters. The van der Waals surface area contributed by atoms with Gasteiger partial charge in [-0.1, -0.05) is 12.1 Å². The third-order valence-electron chi connectivity index (χ3n) is 3.99. The zero-order chi connectivity index (χ0) is 15.5. The van der Waals surface area contributed by atoms with Crippen molar-refractivity contribution in [1.29, 1.82) is 0 Å². The minimum Gasteiger partial charge on any atom is -0.491 e. The maximum atomic E-state index is 12.0. The summed E-state index contributed by atoms with van der Waals surface area (Å²) in [5.41, 5.74) is 1.21. The van der Waals surface area contributed by atoms with E-state index in [4.69, 9.17) is 9.47 Å². The zero-order valence-corrected chi connectivity index (χ0v) is 13.2. The number of benzene rings is 1. The van der Waals surface area contributed by atoms with Crippen LogP contribution >= 0.6 is 0 Å². The van der Waals surface area contributed by atoms with Gasteiger partial charge in [0, 0.05) is 19.6 Å². The molecular formula is C17H24N2O3. The molecule has 5 heteroatoms. The summed E-state index contributed by atoms with van der Waals surface area (Å²) in [4.78, 5) is 14.4. The van der Waals surface area contributed by atoms with Gasteiger partial charge in [0.1, 0.15) is 5.75 Å². The molecule has 3 rings (SSSR count). The Balaban J connectivity index is 1.69.